The summed E-state index contributed by atoms with van der Waals surface area (Å²) in [5.41, 5.74) is 0. The van der Waals surface area contributed by atoms with Gasteiger partial charge in [0, 0.05) is 0 Å². The highest BCUT2D eigenvalue weighted by atomic mass is 32.2. The fourth-order valence-electron chi connectivity index (χ4n) is 0.613. The zero-order chi connectivity index (χ0) is 8.48. The molecule has 0 amide bonds. The van der Waals surface area contributed by atoms with E-state index < -0.39 is 10.1 Å². The third kappa shape index (κ3) is 2.50. The van der Waals surface area contributed by atoms with E-state index in [1.54, 1.807) is 0 Å². The van der Waals surface area contributed by atoms with Crippen molar-refractivity contribution >= 4 is 10.1 Å². The topological polar surface area (TPSA) is 109 Å². The van der Waals surface area contributed by atoms with Crippen LogP contribution in [0.3, 0.4) is 0 Å². The van der Waals surface area contributed by atoms with Crippen LogP contribution in [-0.2, 0) is 10.1 Å². The minimum Gasteiger partial charge on any atom is -0.744 e. The van der Waals surface area contributed by atoms with Crippen LogP contribution in [0.15, 0.2) is 29.2 Å². The van der Waals surface area contributed by atoms with Crippen molar-refractivity contribution < 1.29 is 23.6 Å². The molecule has 12 heavy (non-hydrogen) atoms. The Labute approximate surface area is 69.3 Å². The normalized spacial score (nSPS) is 10.4. The summed E-state index contributed by atoms with van der Waals surface area (Å²) < 4.78 is 30.9. The van der Waals surface area contributed by atoms with Gasteiger partial charge in [-0.2, -0.15) is 0 Å². The summed E-state index contributed by atoms with van der Waals surface area (Å²) in [6.07, 6.45) is 0. The van der Waals surface area contributed by atoms with Crippen LogP contribution in [0, 0.1) is 0 Å². The Bertz CT molecular complexity index is 339. The Morgan fingerprint density at radius 1 is 1.17 bits per heavy atom. The van der Waals surface area contributed by atoms with Crippen molar-refractivity contribution in [2.75, 3.05) is 0 Å². The van der Waals surface area contributed by atoms with E-state index in [-0.39, 0.29) is 16.1 Å². The fourth-order valence-corrected chi connectivity index (χ4v) is 1.08. The standard InChI is InChI=1S/C6H6O4S.H2O/c7-5-1-3-6(4-2-5)11(8,9)10;/h1-4,7H,(H,8,9,10);1H2/p-1. The summed E-state index contributed by atoms with van der Waals surface area (Å²) >= 11 is 0. The lowest BCUT2D eigenvalue weighted by Crippen LogP contribution is -1.97. The molecule has 0 saturated carbocycles. The summed E-state index contributed by atoms with van der Waals surface area (Å²) in [5.74, 6) is -0.0719. The van der Waals surface area contributed by atoms with Crippen LogP contribution in [0.2, 0.25) is 0 Å². The summed E-state index contributed by atoms with van der Waals surface area (Å²) in [7, 11) is -4.38. The maximum Gasteiger partial charge on any atom is 0.124 e. The van der Waals surface area contributed by atoms with Gasteiger partial charge < -0.3 is 15.1 Å². The molecule has 0 aliphatic carbocycles. The smallest absolute Gasteiger partial charge is 0.124 e. The van der Waals surface area contributed by atoms with Gasteiger partial charge in [-0.05, 0) is 24.3 Å². The van der Waals surface area contributed by atoms with Crippen LogP contribution < -0.4 is 0 Å². The maximum absolute atomic E-state index is 10.3. The van der Waals surface area contributed by atoms with E-state index in [9.17, 15) is 13.0 Å². The van der Waals surface area contributed by atoms with Crippen LogP contribution in [0.1, 0.15) is 0 Å². The average molecular weight is 191 g/mol. The molecule has 0 aliphatic rings. The third-order valence-corrected chi connectivity index (χ3v) is 1.97. The summed E-state index contributed by atoms with van der Waals surface area (Å²) in [6, 6.07) is 4.39. The van der Waals surface area contributed by atoms with Gasteiger partial charge in [0.15, 0.2) is 0 Å². The summed E-state index contributed by atoms with van der Waals surface area (Å²) in [4.78, 5) is -0.338. The van der Waals surface area contributed by atoms with Crippen molar-refractivity contribution in [3.8, 4) is 5.75 Å². The molecular weight excluding hydrogens is 184 g/mol. The van der Waals surface area contributed by atoms with Crippen molar-refractivity contribution in [2.45, 2.75) is 4.90 Å². The molecule has 0 unspecified atom stereocenters. The van der Waals surface area contributed by atoms with Gasteiger partial charge in [0.05, 0.1) is 4.90 Å². The predicted molar refractivity (Wildman–Crippen MR) is 39.7 cm³/mol. The van der Waals surface area contributed by atoms with Crippen molar-refractivity contribution in [2.24, 2.45) is 0 Å². The number of aromatic hydroxyl groups is 1. The molecule has 0 aliphatic heterocycles. The molecule has 0 fully saturated rings. The molecule has 1 rings (SSSR count). The molecule has 1 aromatic carbocycles. The zero-order valence-corrected chi connectivity index (χ0v) is 6.71. The van der Waals surface area contributed by atoms with E-state index in [1.165, 1.54) is 0 Å². The monoisotopic (exact) mass is 191 g/mol. The number of phenols is 1. The SMILES string of the molecule is O.O=S(=O)([O-])c1ccc(O)cc1. The highest BCUT2D eigenvalue weighted by Crippen LogP contribution is 2.13. The third-order valence-electron chi connectivity index (χ3n) is 1.13. The molecule has 0 heterocycles. The van der Waals surface area contributed by atoms with Gasteiger partial charge >= 0.3 is 0 Å². The Kier molecular flexibility index (Phi) is 3.20. The Hall–Kier alpha value is -1.11. The lowest BCUT2D eigenvalue weighted by molar-refractivity contribution is 0.461. The lowest BCUT2D eigenvalue weighted by Gasteiger charge is -2.05. The van der Waals surface area contributed by atoms with E-state index in [2.05, 4.69) is 0 Å². The molecule has 68 valence electrons. The van der Waals surface area contributed by atoms with E-state index in [0.717, 1.165) is 24.3 Å². The number of phenolic OH excluding ortho intramolecular Hbond substituents is 1. The van der Waals surface area contributed by atoms with Crippen LogP contribution in [0.5, 0.6) is 5.75 Å². The fraction of sp³-hybridized carbons (Fsp3) is 0. The first-order valence-electron chi connectivity index (χ1n) is 2.75. The molecule has 3 N–H and O–H groups in total. The van der Waals surface area contributed by atoms with E-state index in [1.807, 2.05) is 0 Å². The largest absolute Gasteiger partial charge is 0.744 e. The highest BCUT2D eigenvalue weighted by Gasteiger charge is 1.98. The molecular formula is C6H7O5S-. The first-order chi connectivity index (χ1) is 5.00. The molecule has 6 heteroatoms. The van der Waals surface area contributed by atoms with Gasteiger partial charge in [0.25, 0.3) is 0 Å². The van der Waals surface area contributed by atoms with Gasteiger partial charge in [-0.15, -0.1) is 0 Å². The van der Waals surface area contributed by atoms with Crippen LogP contribution in [0.4, 0.5) is 0 Å². The Balaban J connectivity index is 0.00000121. The second kappa shape index (κ2) is 3.53. The summed E-state index contributed by atoms with van der Waals surface area (Å²) in [6.45, 7) is 0. The summed E-state index contributed by atoms with van der Waals surface area (Å²) in [5, 5.41) is 8.73. The van der Waals surface area contributed by atoms with E-state index >= 15 is 0 Å². The first-order valence-corrected chi connectivity index (χ1v) is 4.16. The number of hydrogen-bond donors (Lipinski definition) is 1. The molecule has 0 spiro atoms. The highest BCUT2D eigenvalue weighted by molar-refractivity contribution is 7.85. The minimum atomic E-state index is -4.38. The minimum absolute atomic E-state index is 0. The van der Waals surface area contributed by atoms with E-state index in [0.29, 0.717) is 0 Å². The number of rotatable bonds is 1. The van der Waals surface area contributed by atoms with E-state index in [4.69, 9.17) is 5.11 Å². The van der Waals surface area contributed by atoms with Gasteiger partial charge in [0.1, 0.15) is 15.9 Å². The van der Waals surface area contributed by atoms with Crippen LogP contribution in [0.25, 0.3) is 0 Å². The molecule has 0 bridgehead atoms. The maximum atomic E-state index is 10.3. The van der Waals surface area contributed by atoms with Crippen molar-refractivity contribution in [3.05, 3.63) is 24.3 Å². The molecule has 0 radical (unpaired) electrons. The average Bonchev–Trinajstić information content (AvgIpc) is 1.86. The second-order valence-corrected chi connectivity index (χ2v) is 3.33. The number of benzene rings is 1. The van der Waals surface area contributed by atoms with Crippen LogP contribution >= 0.6 is 0 Å². The Morgan fingerprint density at radius 2 is 1.58 bits per heavy atom. The lowest BCUT2D eigenvalue weighted by atomic mass is 10.3. The zero-order valence-electron chi connectivity index (χ0n) is 5.89. The van der Waals surface area contributed by atoms with Gasteiger partial charge in [0.2, 0.25) is 0 Å². The molecule has 0 saturated heterocycles. The second-order valence-electron chi connectivity index (χ2n) is 1.95. The van der Waals surface area contributed by atoms with Crippen molar-refractivity contribution in [1.29, 1.82) is 0 Å². The van der Waals surface area contributed by atoms with Crippen molar-refractivity contribution in [3.63, 3.8) is 0 Å². The molecule has 0 aromatic heterocycles. The van der Waals surface area contributed by atoms with Crippen molar-refractivity contribution in [1.82, 2.24) is 0 Å². The first kappa shape index (κ1) is 10.9. The van der Waals surface area contributed by atoms with Gasteiger partial charge in [-0.3, -0.25) is 0 Å². The Morgan fingerprint density at radius 3 is 1.92 bits per heavy atom. The molecule has 0 atom stereocenters. The molecule has 1 aromatic rings. The quantitative estimate of drug-likeness (QED) is 0.601. The van der Waals surface area contributed by atoms with Crippen LogP contribution in [-0.4, -0.2) is 23.6 Å². The molecule has 5 nitrogen and oxygen atoms in total. The van der Waals surface area contributed by atoms with Gasteiger partial charge in [-0.1, -0.05) is 0 Å². The number of hydrogen-bond acceptors (Lipinski definition) is 4. The van der Waals surface area contributed by atoms with Gasteiger partial charge in [-0.25, -0.2) is 8.42 Å². The predicted octanol–water partition coefficient (Wildman–Crippen LogP) is -0.528.